The van der Waals surface area contributed by atoms with Crippen LogP contribution in [0.25, 0.3) is 0 Å². The molecule has 4 heteroatoms. The van der Waals surface area contributed by atoms with E-state index in [1.54, 1.807) is 0 Å². The van der Waals surface area contributed by atoms with Crippen molar-refractivity contribution >= 4 is 11.7 Å². The van der Waals surface area contributed by atoms with E-state index in [-0.39, 0.29) is 17.5 Å². The molecule has 0 heterocycles. The molecule has 104 valence electrons. The van der Waals surface area contributed by atoms with Gasteiger partial charge in [-0.25, -0.2) is 4.39 Å². The Morgan fingerprint density at radius 3 is 2.37 bits per heavy atom. The molecule has 3 nitrogen and oxygen atoms in total. The van der Waals surface area contributed by atoms with Crippen LogP contribution in [0, 0.1) is 11.7 Å². The molecule has 0 radical (unpaired) electrons. The number of hydrogen-bond acceptors (Lipinski definition) is 2. The van der Waals surface area contributed by atoms with Crippen molar-refractivity contribution in [2.45, 2.75) is 33.1 Å². The number of hydrogen-bond donors (Lipinski definition) is 1. The van der Waals surface area contributed by atoms with Crippen molar-refractivity contribution in [3.63, 3.8) is 0 Å². The van der Waals surface area contributed by atoms with Crippen molar-refractivity contribution in [2.24, 2.45) is 5.92 Å². The zero-order valence-electron chi connectivity index (χ0n) is 11.4. The highest BCUT2D eigenvalue weighted by Crippen LogP contribution is 2.08. The van der Waals surface area contributed by atoms with Crippen molar-refractivity contribution in [3.05, 3.63) is 35.6 Å². The van der Waals surface area contributed by atoms with E-state index in [0.717, 1.165) is 0 Å². The summed E-state index contributed by atoms with van der Waals surface area (Å²) in [6.07, 6.45) is 1.17. The Bertz CT molecular complexity index is 426. The quantitative estimate of drug-likeness (QED) is 0.770. The fourth-order valence-corrected chi connectivity index (χ4v) is 1.60. The predicted molar refractivity (Wildman–Crippen MR) is 72.4 cm³/mol. The third-order valence-corrected chi connectivity index (χ3v) is 2.68. The smallest absolute Gasteiger partial charge is 0.220 e. The second-order valence-electron chi connectivity index (χ2n) is 4.98. The molecule has 0 spiro atoms. The molecule has 0 aliphatic rings. The number of Topliss-reactive ketones (excluding diaryl/α,β-unsaturated/α-hetero) is 1. The van der Waals surface area contributed by atoms with Crippen molar-refractivity contribution in [2.75, 3.05) is 6.54 Å². The monoisotopic (exact) mass is 265 g/mol. The van der Waals surface area contributed by atoms with Crippen molar-refractivity contribution in [1.82, 2.24) is 5.32 Å². The maximum Gasteiger partial charge on any atom is 0.220 e. The molecule has 0 unspecified atom stereocenters. The number of rotatable bonds is 7. The lowest BCUT2D eigenvalue weighted by Crippen LogP contribution is -2.27. The molecule has 0 fully saturated rings. The molecule has 1 N–H and O–H groups in total. The van der Waals surface area contributed by atoms with E-state index >= 15 is 0 Å². The lowest BCUT2D eigenvalue weighted by molar-refractivity contribution is -0.121. The third-order valence-electron chi connectivity index (χ3n) is 2.68. The number of halogens is 1. The third kappa shape index (κ3) is 6.13. The molecular weight excluding hydrogens is 245 g/mol. The van der Waals surface area contributed by atoms with Gasteiger partial charge in [-0.05, 0) is 36.6 Å². The fraction of sp³-hybridized carbons (Fsp3) is 0.467. The second kappa shape index (κ2) is 7.67. The van der Waals surface area contributed by atoms with Crippen LogP contribution in [0.1, 0.15) is 43.5 Å². The normalized spacial score (nSPS) is 10.5. The van der Waals surface area contributed by atoms with Crippen LogP contribution in [-0.2, 0) is 4.79 Å². The minimum atomic E-state index is -0.357. The Balaban J connectivity index is 2.27. The molecule has 0 saturated carbocycles. The van der Waals surface area contributed by atoms with Gasteiger partial charge in [-0.3, -0.25) is 9.59 Å². The molecule has 0 aliphatic heterocycles. The van der Waals surface area contributed by atoms with E-state index in [2.05, 4.69) is 5.32 Å². The van der Waals surface area contributed by atoms with Crippen molar-refractivity contribution < 1.29 is 14.0 Å². The van der Waals surface area contributed by atoms with Gasteiger partial charge in [-0.1, -0.05) is 13.8 Å². The first kappa shape index (κ1) is 15.3. The van der Waals surface area contributed by atoms with Crippen molar-refractivity contribution in [3.8, 4) is 0 Å². The summed E-state index contributed by atoms with van der Waals surface area (Å²) in [6.45, 7) is 4.71. The average molecular weight is 265 g/mol. The second-order valence-corrected chi connectivity index (χ2v) is 4.98. The summed E-state index contributed by atoms with van der Waals surface area (Å²) in [5.41, 5.74) is 0.490. The van der Waals surface area contributed by atoms with Crippen LogP contribution < -0.4 is 5.32 Å². The highest BCUT2D eigenvalue weighted by atomic mass is 19.1. The van der Waals surface area contributed by atoms with Crippen LogP contribution in [0.4, 0.5) is 4.39 Å². The van der Waals surface area contributed by atoms with Crippen LogP contribution in [0.5, 0.6) is 0 Å². The summed E-state index contributed by atoms with van der Waals surface area (Å²) >= 11 is 0. The SMILES string of the molecule is CC(C)CNC(=O)CCCC(=O)c1ccc(F)cc1. The zero-order chi connectivity index (χ0) is 14.3. The molecule has 1 aromatic rings. The highest BCUT2D eigenvalue weighted by Gasteiger charge is 2.08. The summed E-state index contributed by atoms with van der Waals surface area (Å²) < 4.78 is 12.7. The topological polar surface area (TPSA) is 46.2 Å². The highest BCUT2D eigenvalue weighted by molar-refractivity contribution is 5.96. The van der Waals surface area contributed by atoms with Crippen LogP contribution >= 0.6 is 0 Å². The Morgan fingerprint density at radius 2 is 1.79 bits per heavy atom. The summed E-state index contributed by atoms with van der Waals surface area (Å²) in [4.78, 5) is 23.2. The minimum Gasteiger partial charge on any atom is -0.356 e. The lowest BCUT2D eigenvalue weighted by Gasteiger charge is -2.07. The molecule has 0 atom stereocenters. The molecule has 0 saturated heterocycles. The molecule has 0 aromatic heterocycles. The maximum atomic E-state index is 12.7. The number of ketones is 1. The summed E-state index contributed by atoms with van der Waals surface area (Å²) in [5, 5.41) is 2.80. The van der Waals surface area contributed by atoms with Crippen molar-refractivity contribution in [1.29, 1.82) is 0 Å². The first-order chi connectivity index (χ1) is 8.99. The average Bonchev–Trinajstić information content (AvgIpc) is 2.37. The van der Waals surface area contributed by atoms with Gasteiger partial charge in [0.05, 0.1) is 0 Å². The Morgan fingerprint density at radius 1 is 1.16 bits per heavy atom. The van der Waals surface area contributed by atoms with Gasteiger partial charge in [0, 0.05) is 24.9 Å². The van der Waals surface area contributed by atoms with Gasteiger partial charge in [-0.2, -0.15) is 0 Å². The molecule has 0 aliphatic carbocycles. The molecule has 1 amide bonds. The van der Waals surface area contributed by atoms with Gasteiger partial charge in [0.25, 0.3) is 0 Å². The molecule has 0 bridgehead atoms. The van der Waals surface area contributed by atoms with Gasteiger partial charge in [0.1, 0.15) is 5.82 Å². The van der Waals surface area contributed by atoms with E-state index in [9.17, 15) is 14.0 Å². The van der Waals surface area contributed by atoms with Crippen LogP contribution in [0.2, 0.25) is 0 Å². The fourth-order valence-electron chi connectivity index (χ4n) is 1.60. The number of amides is 1. The van der Waals surface area contributed by atoms with Gasteiger partial charge in [0.15, 0.2) is 5.78 Å². The van der Waals surface area contributed by atoms with Crippen LogP contribution in [0.15, 0.2) is 24.3 Å². The Labute approximate surface area is 113 Å². The molecule has 1 aromatic carbocycles. The van der Waals surface area contributed by atoms with E-state index < -0.39 is 0 Å². The number of benzene rings is 1. The molecule has 19 heavy (non-hydrogen) atoms. The first-order valence-electron chi connectivity index (χ1n) is 6.54. The standard InChI is InChI=1S/C15H20FNO2/c1-11(2)10-17-15(19)5-3-4-14(18)12-6-8-13(16)9-7-12/h6-9,11H,3-5,10H2,1-2H3,(H,17,19). The van der Waals surface area contributed by atoms with Gasteiger partial charge < -0.3 is 5.32 Å². The van der Waals surface area contributed by atoms with E-state index in [4.69, 9.17) is 0 Å². The van der Waals surface area contributed by atoms with Gasteiger partial charge in [0.2, 0.25) is 5.91 Å². The van der Waals surface area contributed by atoms with Gasteiger partial charge in [-0.15, -0.1) is 0 Å². The van der Waals surface area contributed by atoms with E-state index in [0.29, 0.717) is 37.3 Å². The Hall–Kier alpha value is -1.71. The molecular formula is C15H20FNO2. The lowest BCUT2D eigenvalue weighted by atomic mass is 10.1. The predicted octanol–water partition coefficient (Wildman–Crippen LogP) is 2.95. The van der Waals surface area contributed by atoms with Gasteiger partial charge >= 0.3 is 0 Å². The summed E-state index contributed by atoms with van der Waals surface area (Å²) in [5.74, 6) is -0.0216. The number of nitrogens with one attached hydrogen (secondary N) is 1. The van der Waals surface area contributed by atoms with Crippen LogP contribution in [0.3, 0.4) is 0 Å². The zero-order valence-corrected chi connectivity index (χ0v) is 11.4. The van der Waals surface area contributed by atoms with E-state index in [1.165, 1.54) is 24.3 Å². The van der Waals surface area contributed by atoms with Crippen LogP contribution in [-0.4, -0.2) is 18.2 Å². The summed E-state index contributed by atoms with van der Waals surface area (Å²) in [6, 6.07) is 5.47. The first-order valence-corrected chi connectivity index (χ1v) is 6.54. The minimum absolute atomic E-state index is 0.0272. The largest absolute Gasteiger partial charge is 0.356 e. The summed E-state index contributed by atoms with van der Waals surface area (Å²) in [7, 11) is 0. The molecule has 1 rings (SSSR count). The Kier molecular flexibility index (Phi) is 6.19. The number of carbonyl (C=O) groups is 2. The maximum absolute atomic E-state index is 12.7. The number of carbonyl (C=O) groups excluding carboxylic acids is 2. The van der Waals surface area contributed by atoms with E-state index in [1.807, 2.05) is 13.8 Å².